The summed E-state index contributed by atoms with van der Waals surface area (Å²) in [5, 5.41) is 5.02. The van der Waals surface area contributed by atoms with Crippen molar-refractivity contribution in [3.8, 4) is 0 Å². The molecule has 0 bridgehead atoms. The van der Waals surface area contributed by atoms with Gasteiger partial charge < -0.3 is 10.2 Å². The summed E-state index contributed by atoms with van der Waals surface area (Å²) >= 11 is 8.08. The van der Waals surface area contributed by atoms with Crippen LogP contribution in [-0.2, 0) is 12.8 Å². The Morgan fingerprint density at radius 3 is 2.85 bits per heavy atom. The SMILES string of the molecule is CN(C)C(CNc1ncnc2sc3c(c12)CCCC3)c1c(F)cccc1Cl. The standard InChI is InChI=1S/C20H22ClFN4S/c1-26(2)15(18-13(21)7-5-8-14(18)22)10-23-19-17-12-6-3-4-9-16(12)27-20(17)25-11-24-19/h5,7-8,11,15H,3-4,6,9-10H2,1-2H3,(H,23,24,25). The maximum atomic E-state index is 14.5. The highest BCUT2D eigenvalue weighted by Gasteiger charge is 2.23. The van der Waals surface area contributed by atoms with Gasteiger partial charge in [0, 0.05) is 22.0 Å². The zero-order valence-corrected chi connectivity index (χ0v) is 17.0. The lowest BCUT2D eigenvalue weighted by Gasteiger charge is -2.26. The smallest absolute Gasteiger partial charge is 0.138 e. The van der Waals surface area contributed by atoms with Gasteiger partial charge in [0.05, 0.1) is 11.4 Å². The Bertz CT molecular complexity index is 952. The molecule has 4 rings (SSSR count). The van der Waals surface area contributed by atoms with E-state index in [1.54, 1.807) is 29.8 Å². The van der Waals surface area contributed by atoms with E-state index in [4.69, 9.17) is 11.6 Å². The number of halogens is 2. The first-order valence-corrected chi connectivity index (χ1v) is 10.3. The van der Waals surface area contributed by atoms with Crippen LogP contribution < -0.4 is 5.32 Å². The molecule has 1 unspecified atom stereocenters. The van der Waals surface area contributed by atoms with Crippen LogP contribution in [-0.4, -0.2) is 35.5 Å². The summed E-state index contributed by atoms with van der Waals surface area (Å²) in [7, 11) is 3.86. The van der Waals surface area contributed by atoms with Gasteiger partial charge in [-0.25, -0.2) is 14.4 Å². The average molecular weight is 405 g/mol. The topological polar surface area (TPSA) is 41.0 Å². The van der Waals surface area contributed by atoms with Crippen molar-refractivity contribution in [2.45, 2.75) is 31.7 Å². The van der Waals surface area contributed by atoms with E-state index in [0.717, 1.165) is 28.9 Å². The molecule has 142 valence electrons. The van der Waals surface area contributed by atoms with Gasteiger partial charge in [-0.05, 0) is 57.5 Å². The fourth-order valence-electron chi connectivity index (χ4n) is 3.79. The lowest BCUT2D eigenvalue weighted by molar-refractivity contribution is 0.304. The summed E-state index contributed by atoms with van der Waals surface area (Å²) in [6, 6.07) is 4.61. The van der Waals surface area contributed by atoms with E-state index in [9.17, 15) is 4.39 Å². The zero-order valence-electron chi connectivity index (χ0n) is 15.4. The van der Waals surface area contributed by atoms with Gasteiger partial charge in [-0.1, -0.05) is 17.7 Å². The molecule has 1 aromatic carbocycles. The van der Waals surface area contributed by atoms with Crippen LogP contribution in [0.5, 0.6) is 0 Å². The van der Waals surface area contributed by atoms with E-state index in [0.29, 0.717) is 17.1 Å². The van der Waals surface area contributed by atoms with Crippen LogP contribution in [0.2, 0.25) is 5.02 Å². The number of nitrogens with zero attached hydrogens (tertiary/aromatic N) is 3. The van der Waals surface area contributed by atoms with Crippen molar-refractivity contribution in [2.75, 3.05) is 26.0 Å². The molecule has 2 aromatic heterocycles. The van der Waals surface area contributed by atoms with E-state index >= 15 is 0 Å². The van der Waals surface area contributed by atoms with E-state index < -0.39 is 0 Å². The number of anilines is 1. The summed E-state index contributed by atoms with van der Waals surface area (Å²) < 4.78 is 14.5. The monoisotopic (exact) mass is 404 g/mol. The van der Waals surface area contributed by atoms with Crippen molar-refractivity contribution in [1.82, 2.24) is 14.9 Å². The highest BCUT2D eigenvalue weighted by atomic mass is 35.5. The van der Waals surface area contributed by atoms with Gasteiger partial charge in [-0.2, -0.15) is 0 Å². The van der Waals surface area contributed by atoms with E-state index in [2.05, 4.69) is 15.3 Å². The third-order valence-electron chi connectivity index (χ3n) is 5.17. The first-order valence-electron chi connectivity index (χ1n) is 9.15. The molecule has 1 aliphatic carbocycles. The van der Waals surface area contributed by atoms with Crippen LogP contribution in [0.1, 0.15) is 34.9 Å². The van der Waals surface area contributed by atoms with Crippen molar-refractivity contribution >= 4 is 39.0 Å². The zero-order chi connectivity index (χ0) is 19.0. The molecule has 0 spiro atoms. The van der Waals surface area contributed by atoms with Crippen LogP contribution in [0.4, 0.5) is 10.2 Å². The molecule has 1 aliphatic rings. The lowest BCUT2D eigenvalue weighted by Crippen LogP contribution is -2.28. The van der Waals surface area contributed by atoms with E-state index in [1.165, 1.54) is 29.3 Å². The summed E-state index contributed by atoms with van der Waals surface area (Å²) in [5.74, 6) is 0.544. The molecular formula is C20H22ClFN4S. The molecule has 0 saturated heterocycles. The Morgan fingerprint density at radius 1 is 1.26 bits per heavy atom. The Balaban J connectivity index is 1.67. The molecule has 27 heavy (non-hydrogen) atoms. The van der Waals surface area contributed by atoms with Gasteiger partial charge in [0.25, 0.3) is 0 Å². The minimum atomic E-state index is -0.288. The minimum Gasteiger partial charge on any atom is -0.367 e. The third kappa shape index (κ3) is 3.53. The number of nitrogens with one attached hydrogen (secondary N) is 1. The Kier molecular flexibility index (Phi) is 5.30. The van der Waals surface area contributed by atoms with Gasteiger partial charge >= 0.3 is 0 Å². The van der Waals surface area contributed by atoms with Gasteiger partial charge in [-0.3, -0.25) is 0 Å². The third-order valence-corrected chi connectivity index (χ3v) is 6.70. The second kappa shape index (κ2) is 7.70. The maximum Gasteiger partial charge on any atom is 0.138 e. The minimum absolute atomic E-state index is 0.210. The predicted molar refractivity (Wildman–Crippen MR) is 110 cm³/mol. The number of benzene rings is 1. The largest absolute Gasteiger partial charge is 0.367 e. The van der Waals surface area contributed by atoms with Crippen LogP contribution in [0.3, 0.4) is 0 Å². The lowest BCUT2D eigenvalue weighted by atomic mass is 9.97. The van der Waals surface area contributed by atoms with Gasteiger partial charge in [0.1, 0.15) is 22.8 Å². The van der Waals surface area contributed by atoms with Crippen LogP contribution in [0.25, 0.3) is 10.2 Å². The van der Waals surface area contributed by atoms with Crippen molar-refractivity contribution in [1.29, 1.82) is 0 Å². The summed E-state index contributed by atoms with van der Waals surface area (Å²) in [6.45, 7) is 0.504. The highest BCUT2D eigenvalue weighted by Crippen LogP contribution is 2.38. The molecule has 1 atom stereocenters. The molecule has 7 heteroatoms. The number of hydrogen-bond acceptors (Lipinski definition) is 5. The predicted octanol–water partition coefficient (Wildman–Crippen LogP) is 5.08. The van der Waals surface area contributed by atoms with E-state index in [-0.39, 0.29) is 11.9 Å². The summed E-state index contributed by atoms with van der Waals surface area (Å²) in [6.07, 6.45) is 6.25. The van der Waals surface area contributed by atoms with Gasteiger partial charge in [0.2, 0.25) is 0 Å². The second-order valence-corrected chi connectivity index (χ2v) is 8.60. The second-order valence-electron chi connectivity index (χ2n) is 7.11. The first-order chi connectivity index (χ1) is 13.1. The fourth-order valence-corrected chi connectivity index (χ4v) is 5.31. The fraction of sp³-hybridized carbons (Fsp3) is 0.400. The van der Waals surface area contributed by atoms with Crippen molar-refractivity contribution in [3.05, 3.63) is 51.4 Å². The first kappa shape index (κ1) is 18.6. The highest BCUT2D eigenvalue weighted by molar-refractivity contribution is 7.19. The molecule has 0 amide bonds. The van der Waals surface area contributed by atoms with Gasteiger partial charge in [0.15, 0.2) is 0 Å². The Labute approximate surface area is 167 Å². The molecule has 0 aliphatic heterocycles. The molecular weight excluding hydrogens is 383 g/mol. The summed E-state index contributed by atoms with van der Waals surface area (Å²) in [5.41, 5.74) is 1.89. The van der Waals surface area contributed by atoms with Crippen molar-refractivity contribution < 1.29 is 4.39 Å². The molecule has 2 heterocycles. The Morgan fingerprint density at radius 2 is 2.07 bits per heavy atom. The number of thiophene rings is 1. The van der Waals surface area contributed by atoms with Crippen LogP contribution in [0, 0.1) is 5.82 Å². The molecule has 0 radical (unpaired) electrons. The number of aryl methyl sites for hydroxylation is 2. The van der Waals surface area contributed by atoms with Crippen LogP contribution in [0.15, 0.2) is 24.5 Å². The molecule has 0 fully saturated rings. The molecule has 3 aromatic rings. The normalized spacial score (nSPS) is 15.1. The molecule has 4 nitrogen and oxygen atoms in total. The van der Waals surface area contributed by atoms with Crippen molar-refractivity contribution in [3.63, 3.8) is 0 Å². The number of hydrogen-bond donors (Lipinski definition) is 1. The quantitative estimate of drug-likeness (QED) is 0.644. The molecule has 0 saturated carbocycles. The van der Waals surface area contributed by atoms with Crippen LogP contribution >= 0.6 is 22.9 Å². The molecule has 1 N–H and O–H groups in total. The van der Waals surface area contributed by atoms with E-state index in [1.807, 2.05) is 19.0 Å². The summed E-state index contributed by atoms with van der Waals surface area (Å²) in [4.78, 5) is 13.4. The number of rotatable bonds is 5. The number of likely N-dealkylation sites (N-methyl/N-ethyl adjacent to an activating group) is 1. The maximum absolute atomic E-state index is 14.5. The average Bonchev–Trinajstić information content (AvgIpc) is 3.03. The number of aromatic nitrogens is 2. The van der Waals surface area contributed by atoms with Crippen molar-refractivity contribution in [2.24, 2.45) is 0 Å². The Hall–Kier alpha value is -1.76. The van der Waals surface area contributed by atoms with Gasteiger partial charge in [-0.15, -0.1) is 11.3 Å². The number of fused-ring (bicyclic) bond motifs is 3.